The van der Waals surface area contributed by atoms with Gasteiger partial charge in [-0.05, 0) is 55.8 Å². The average Bonchev–Trinajstić information content (AvgIpc) is 3.25. The van der Waals surface area contributed by atoms with E-state index in [-0.39, 0.29) is 5.92 Å². The fraction of sp³-hybridized carbons (Fsp3) is 0.304. The van der Waals surface area contributed by atoms with Crippen LogP contribution in [-0.4, -0.2) is 27.5 Å². The zero-order chi connectivity index (χ0) is 20.8. The van der Waals surface area contributed by atoms with Gasteiger partial charge in [0.2, 0.25) is 0 Å². The predicted octanol–water partition coefficient (Wildman–Crippen LogP) is 5.25. The molecule has 0 radical (unpaired) electrons. The zero-order valence-corrected chi connectivity index (χ0v) is 17.0. The van der Waals surface area contributed by atoms with Crippen LogP contribution in [0.1, 0.15) is 24.1 Å². The molecule has 0 amide bonds. The lowest BCUT2D eigenvalue weighted by Crippen LogP contribution is -2.33. The van der Waals surface area contributed by atoms with Crippen molar-refractivity contribution in [3.05, 3.63) is 64.3 Å². The lowest BCUT2D eigenvalue weighted by atomic mass is 9.98. The maximum atomic E-state index is 14.7. The molecule has 2 aromatic carbocycles. The van der Waals surface area contributed by atoms with Crippen LogP contribution in [0.3, 0.4) is 0 Å². The number of nitrogens with zero attached hydrogens (tertiary/aromatic N) is 4. The van der Waals surface area contributed by atoms with Gasteiger partial charge in [-0.2, -0.15) is 5.26 Å². The quantitative estimate of drug-likeness (QED) is 0.451. The van der Waals surface area contributed by atoms with Crippen LogP contribution in [0, 0.1) is 28.9 Å². The molecule has 30 heavy (non-hydrogen) atoms. The van der Waals surface area contributed by atoms with E-state index in [1.807, 2.05) is 18.2 Å². The van der Waals surface area contributed by atoms with E-state index < -0.39 is 11.6 Å². The van der Waals surface area contributed by atoms with Gasteiger partial charge in [-0.15, -0.1) is 0 Å². The van der Waals surface area contributed by atoms with Gasteiger partial charge < -0.3 is 4.57 Å². The lowest BCUT2D eigenvalue weighted by molar-refractivity contribution is 0.194. The summed E-state index contributed by atoms with van der Waals surface area (Å²) < 4.78 is 30.3. The van der Waals surface area contributed by atoms with Gasteiger partial charge in [-0.3, -0.25) is 4.90 Å². The summed E-state index contributed by atoms with van der Waals surface area (Å²) in [4.78, 5) is 7.07. The standard InChI is InChI=1S/C23H19ClF2N4/c24-16-2-1-15-12-30-21(13-29-7-5-14(11-27)6-8-29)22(28-23(30)19(15)9-16)18-4-3-17(25)10-20(18)26/h1-4,9-10,14H,5-8,12-13H2. The zero-order valence-electron chi connectivity index (χ0n) is 16.2. The first-order valence-corrected chi connectivity index (χ1v) is 10.4. The van der Waals surface area contributed by atoms with Crippen LogP contribution in [-0.2, 0) is 13.1 Å². The number of nitriles is 1. The molecule has 1 aromatic heterocycles. The predicted molar refractivity (Wildman–Crippen MR) is 111 cm³/mol. The molecule has 5 rings (SSSR count). The molecular formula is C23H19ClF2N4. The lowest BCUT2D eigenvalue weighted by Gasteiger charge is -2.29. The summed E-state index contributed by atoms with van der Waals surface area (Å²) in [5.74, 6) is -0.381. The Balaban J connectivity index is 1.58. The van der Waals surface area contributed by atoms with Crippen LogP contribution in [0.4, 0.5) is 8.78 Å². The monoisotopic (exact) mass is 424 g/mol. The van der Waals surface area contributed by atoms with Gasteiger partial charge in [-0.25, -0.2) is 13.8 Å². The summed E-state index contributed by atoms with van der Waals surface area (Å²) in [5, 5.41) is 9.79. The highest BCUT2D eigenvalue weighted by atomic mass is 35.5. The van der Waals surface area contributed by atoms with Gasteiger partial charge in [0.1, 0.15) is 17.5 Å². The average molecular weight is 425 g/mol. The topological polar surface area (TPSA) is 44.9 Å². The van der Waals surface area contributed by atoms with E-state index in [1.165, 1.54) is 12.1 Å². The first-order chi connectivity index (χ1) is 14.5. The van der Waals surface area contributed by atoms with Crippen molar-refractivity contribution in [1.29, 1.82) is 5.26 Å². The molecule has 3 heterocycles. The Hall–Kier alpha value is -2.75. The van der Waals surface area contributed by atoms with Gasteiger partial charge >= 0.3 is 0 Å². The van der Waals surface area contributed by atoms with E-state index in [0.717, 1.165) is 54.6 Å². The minimum absolute atomic E-state index is 0.0952. The Morgan fingerprint density at radius 2 is 1.90 bits per heavy atom. The number of piperidine rings is 1. The highest BCUT2D eigenvalue weighted by molar-refractivity contribution is 6.30. The number of likely N-dealkylation sites (tertiary alicyclic amines) is 1. The number of imidazole rings is 1. The summed E-state index contributed by atoms with van der Waals surface area (Å²) in [7, 11) is 0. The number of benzene rings is 2. The Morgan fingerprint density at radius 1 is 1.10 bits per heavy atom. The molecule has 0 aliphatic carbocycles. The molecule has 0 spiro atoms. The number of aromatic nitrogens is 2. The van der Waals surface area contributed by atoms with Crippen LogP contribution < -0.4 is 0 Å². The van der Waals surface area contributed by atoms with Crippen LogP contribution in [0.15, 0.2) is 36.4 Å². The number of rotatable bonds is 3. The Morgan fingerprint density at radius 3 is 2.63 bits per heavy atom. The Bertz CT molecular complexity index is 1170. The van der Waals surface area contributed by atoms with E-state index in [9.17, 15) is 8.78 Å². The molecule has 2 aliphatic rings. The molecule has 1 saturated heterocycles. The van der Waals surface area contributed by atoms with Gasteiger partial charge in [0, 0.05) is 34.7 Å². The maximum absolute atomic E-state index is 14.7. The summed E-state index contributed by atoms with van der Waals surface area (Å²) in [6.45, 7) is 2.85. The maximum Gasteiger partial charge on any atom is 0.141 e. The number of hydrogen-bond acceptors (Lipinski definition) is 3. The first kappa shape index (κ1) is 19.2. The molecule has 0 atom stereocenters. The third kappa shape index (κ3) is 3.28. The SMILES string of the molecule is N#CC1CCN(Cc2c(-c3ccc(F)cc3F)nc3n2Cc2ccc(Cl)cc2-3)CC1. The third-order valence-corrected chi connectivity index (χ3v) is 6.28. The van der Waals surface area contributed by atoms with Crippen molar-refractivity contribution in [3.63, 3.8) is 0 Å². The molecule has 0 bridgehead atoms. The van der Waals surface area contributed by atoms with E-state index in [1.54, 1.807) is 0 Å². The molecule has 0 N–H and O–H groups in total. The molecule has 2 aliphatic heterocycles. The summed E-state index contributed by atoms with van der Waals surface area (Å²) in [6.07, 6.45) is 1.65. The fourth-order valence-corrected chi connectivity index (χ4v) is 4.59. The van der Waals surface area contributed by atoms with Gasteiger partial charge in [0.05, 0.1) is 24.0 Å². The second-order valence-electron chi connectivity index (χ2n) is 7.92. The van der Waals surface area contributed by atoms with E-state index >= 15 is 0 Å². The van der Waals surface area contributed by atoms with Crippen LogP contribution in [0.2, 0.25) is 5.02 Å². The Labute approximate surface area is 178 Å². The highest BCUT2D eigenvalue weighted by Crippen LogP contribution is 2.39. The van der Waals surface area contributed by atoms with Crippen molar-refractivity contribution in [2.45, 2.75) is 25.9 Å². The number of halogens is 3. The number of hydrogen-bond donors (Lipinski definition) is 0. The van der Waals surface area contributed by atoms with Crippen molar-refractivity contribution in [2.75, 3.05) is 13.1 Å². The van der Waals surface area contributed by atoms with Crippen molar-refractivity contribution in [2.24, 2.45) is 5.92 Å². The summed E-state index contributed by atoms with van der Waals surface area (Å²) in [6, 6.07) is 11.7. The molecule has 0 saturated carbocycles. The molecule has 3 aromatic rings. The van der Waals surface area contributed by atoms with E-state index in [2.05, 4.69) is 15.5 Å². The van der Waals surface area contributed by atoms with Gasteiger partial charge in [0.25, 0.3) is 0 Å². The molecule has 152 valence electrons. The molecule has 0 unspecified atom stereocenters. The molecular weight excluding hydrogens is 406 g/mol. The van der Waals surface area contributed by atoms with Crippen molar-refractivity contribution >= 4 is 11.6 Å². The van der Waals surface area contributed by atoms with Crippen molar-refractivity contribution in [1.82, 2.24) is 14.5 Å². The van der Waals surface area contributed by atoms with Gasteiger partial charge in [-0.1, -0.05) is 17.7 Å². The molecule has 1 fully saturated rings. The first-order valence-electron chi connectivity index (χ1n) is 9.99. The van der Waals surface area contributed by atoms with Gasteiger partial charge in [0.15, 0.2) is 0 Å². The normalized spacial score (nSPS) is 16.3. The van der Waals surface area contributed by atoms with Crippen molar-refractivity contribution < 1.29 is 8.78 Å². The van der Waals surface area contributed by atoms with Crippen LogP contribution in [0.5, 0.6) is 0 Å². The minimum Gasteiger partial charge on any atom is -0.322 e. The van der Waals surface area contributed by atoms with E-state index in [4.69, 9.17) is 21.8 Å². The highest BCUT2D eigenvalue weighted by Gasteiger charge is 2.30. The fourth-order valence-electron chi connectivity index (χ4n) is 4.42. The number of fused-ring (bicyclic) bond motifs is 3. The second-order valence-corrected chi connectivity index (χ2v) is 8.36. The van der Waals surface area contributed by atoms with E-state index in [0.29, 0.717) is 29.4 Å². The Kier molecular flexibility index (Phi) is 4.80. The second kappa shape index (κ2) is 7.50. The molecule has 4 nitrogen and oxygen atoms in total. The molecule has 7 heteroatoms. The smallest absolute Gasteiger partial charge is 0.141 e. The minimum atomic E-state index is -0.623. The van der Waals surface area contributed by atoms with Crippen LogP contribution >= 0.6 is 11.6 Å². The third-order valence-electron chi connectivity index (χ3n) is 6.04. The largest absolute Gasteiger partial charge is 0.322 e. The van der Waals surface area contributed by atoms with Crippen molar-refractivity contribution in [3.8, 4) is 28.7 Å². The summed E-state index contributed by atoms with van der Waals surface area (Å²) >= 11 is 6.21. The summed E-state index contributed by atoms with van der Waals surface area (Å²) in [5.41, 5.74) is 3.80. The van der Waals surface area contributed by atoms with Crippen LogP contribution in [0.25, 0.3) is 22.6 Å².